The van der Waals surface area contributed by atoms with Gasteiger partial charge in [-0.3, -0.25) is 4.90 Å². The van der Waals surface area contributed by atoms with Crippen molar-refractivity contribution in [1.29, 1.82) is 0 Å². The molecular weight excluding hydrogens is 264 g/mol. The second kappa shape index (κ2) is 5.75. The first-order valence-electron chi connectivity index (χ1n) is 5.92. The number of benzene rings is 1. The summed E-state index contributed by atoms with van der Waals surface area (Å²) < 4.78 is 53.9. The highest BCUT2D eigenvalue weighted by Crippen LogP contribution is 2.27. The third-order valence-corrected chi connectivity index (χ3v) is 2.87. The van der Waals surface area contributed by atoms with Gasteiger partial charge in [0.2, 0.25) is 0 Å². The Labute approximate surface area is 108 Å². The van der Waals surface area contributed by atoms with Crippen LogP contribution in [0.25, 0.3) is 0 Å². The Bertz CT molecular complexity index is 430. The monoisotopic (exact) mass is 278 g/mol. The van der Waals surface area contributed by atoms with E-state index < -0.39 is 17.9 Å². The van der Waals surface area contributed by atoms with Gasteiger partial charge in [-0.05, 0) is 6.07 Å². The molecule has 0 bridgehead atoms. The lowest BCUT2D eigenvalue weighted by Gasteiger charge is -2.27. The average Bonchev–Trinajstić information content (AvgIpc) is 2.34. The zero-order valence-corrected chi connectivity index (χ0v) is 10.1. The van der Waals surface area contributed by atoms with Crippen LogP contribution >= 0.6 is 0 Å². The van der Waals surface area contributed by atoms with E-state index in [1.807, 2.05) is 4.90 Å². The summed E-state index contributed by atoms with van der Waals surface area (Å²) in [7, 11) is 0. The quantitative estimate of drug-likeness (QED) is 0.857. The van der Waals surface area contributed by atoms with E-state index >= 15 is 0 Å². The Morgan fingerprint density at radius 2 is 1.89 bits per heavy atom. The number of rotatable bonds is 3. The second-order valence-electron chi connectivity index (χ2n) is 4.30. The fraction of sp³-hybridized carbons (Fsp3) is 0.500. The predicted molar refractivity (Wildman–Crippen MR) is 61.2 cm³/mol. The summed E-state index contributed by atoms with van der Waals surface area (Å²) >= 11 is 0. The molecule has 1 aliphatic heterocycles. The number of alkyl halides is 3. The summed E-state index contributed by atoms with van der Waals surface area (Å²) in [5.41, 5.74) is 0.212. The molecular formula is C12H14F4N2O. The van der Waals surface area contributed by atoms with Crippen LogP contribution in [0.15, 0.2) is 18.2 Å². The number of hydrogen-bond donors (Lipinski definition) is 1. The van der Waals surface area contributed by atoms with Crippen LogP contribution in [0.2, 0.25) is 0 Å². The van der Waals surface area contributed by atoms with Crippen molar-refractivity contribution in [3.63, 3.8) is 0 Å². The summed E-state index contributed by atoms with van der Waals surface area (Å²) in [5, 5.41) is 3.15. The van der Waals surface area contributed by atoms with E-state index in [-0.39, 0.29) is 12.1 Å². The van der Waals surface area contributed by atoms with Gasteiger partial charge in [-0.1, -0.05) is 12.1 Å². The molecule has 19 heavy (non-hydrogen) atoms. The molecule has 0 amide bonds. The Balaban J connectivity index is 2.10. The Hall–Kier alpha value is -1.34. The predicted octanol–water partition coefficient (Wildman–Crippen LogP) is 2.13. The van der Waals surface area contributed by atoms with Gasteiger partial charge in [0, 0.05) is 38.3 Å². The van der Waals surface area contributed by atoms with Crippen LogP contribution in [0.3, 0.4) is 0 Å². The molecule has 1 heterocycles. The van der Waals surface area contributed by atoms with Crippen molar-refractivity contribution in [2.75, 3.05) is 26.2 Å². The zero-order chi connectivity index (χ0) is 13.9. The van der Waals surface area contributed by atoms with Crippen molar-refractivity contribution >= 4 is 0 Å². The van der Waals surface area contributed by atoms with E-state index in [0.29, 0.717) is 0 Å². The van der Waals surface area contributed by atoms with Crippen LogP contribution in [0.4, 0.5) is 17.6 Å². The van der Waals surface area contributed by atoms with Crippen molar-refractivity contribution in [3.8, 4) is 5.75 Å². The first-order valence-corrected chi connectivity index (χ1v) is 5.92. The normalized spacial score (nSPS) is 17.5. The van der Waals surface area contributed by atoms with Gasteiger partial charge in [0.15, 0.2) is 11.6 Å². The van der Waals surface area contributed by atoms with E-state index in [9.17, 15) is 17.6 Å². The minimum absolute atomic E-state index is 0.212. The largest absolute Gasteiger partial charge is 0.573 e. The molecule has 0 spiro atoms. The second-order valence-corrected chi connectivity index (χ2v) is 4.30. The molecule has 0 atom stereocenters. The van der Waals surface area contributed by atoms with Crippen molar-refractivity contribution in [2.24, 2.45) is 0 Å². The van der Waals surface area contributed by atoms with Crippen LogP contribution in [-0.4, -0.2) is 37.4 Å². The minimum Gasteiger partial charge on any atom is -0.403 e. The molecule has 0 aromatic heterocycles. The van der Waals surface area contributed by atoms with Gasteiger partial charge in [-0.15, -0.1) is 13.2 Å². The van der Waals surface area contributed by atoms with E-state index in [2.05, 4.69) is 10.1 Å². The standard InChI is InChI=1S/C12H14F4N2O/c13-11-9(8-18-6-4-17-5-7-18)2-1-3-10(11)19-12(14,15)16/h1-3,17H,4-8H2. The van der Waals surface area contributed by atoms with Crippen molar-refractivity contribution in [1.82, 2.24) is 10.2 Å². The fourth-order valence-electron chi connectivity index (χ4n) is 1.99. The van der Waals surface area contributed by atoms with E-state index in [0.717, 1.165) is 32.2 Å². The highest BCUT2D eigenvalue weighted by atomic mass is 19.4. The summed E-state index contributed by atoms with van der Waals surface area (Å²) in [4.78, 5) is 1.98. The van der Waals surface area contributed by atoms with Crippen molar-refractivity contribution < 1.29 is 22.3 Å². The van der Waals surface area contributed by atoms with Gasteiger partial charge in [-0.2, -0.15) is 0 Å². The van der Waals surface area contributed by atoms with Crippen LogP contribution < -0.4 is 10.1 Å². The van der Waals surface area contributed by atoms with Gasteiger partial charge in [-0.25, -0.2) is 4.39 Å². The number of nitrogens with one attached hydrogen (secondary N) is 1. The molecule has 1 saturated heterocycles. The van der Waals surface area contributed by atoms with Crippen LogP contribution in [-0.2, 0) is 6.54 Å². The molecule has 0 saturated carbocycles. The number of ether oxygens (including phenoxy) is 1. The highest BCUT2D eigenvalue weighted by molar-refractivity contribution is 5.31. The molecule has 7 heteroatoms. The first kappa shape index (κ1) is 14.1. The molecule has 1 aromatic rings. The molecule has 1 fully saturated rings. The maximum absolute atomic E-state index is 13.9. The molecule has 0 aliphatic carbocycles. The zero-order valence-electron chi connectivity index (χ0n) is 10.1. The number of hydrogen-bond acceptors (Lipinski definition) is 3. The van der Waals surface area contributed by atoms with Gasteiger partial charge < -0.3 is 10.1 Å². The van der Waals surface area contributed by atoms with Crippen molar-refractivity contribution in [2.45, 2.75) is 12.9 Å². The fourth-order valence-corrected chi connectivity index (χ4v) is 1.99. The number of nitrogens with zero attached hydrogens (tertiary/aromatic N) is 1. The van der Waals surface area contributed by atoms with E-state index in [4.69, 9.17) is 0 Å². The molecule has 1 aromatic carbocycles. The van der Waals surface area contributed by atoms with Gasteiger partial charge in [0.1, 0.15) is 0 Å². The molecule has 1 aliphatic rings. The number of halogens is 4. The molecule has 106 valence electrons. The third-order valence-electron chi connectivity index (χ3n) is 2.87. The summed E-state index contributed by atoms with van der Waals surface area (Å²) in [6, 6.07) is 3.81. The summed E-state index contributed by atoms with van der Waals surface area (Å²) in [6.07, 6.45) is -4.88. The summed E-state index contributed by atoms with van der Waals surface area (Å²) in [5.74, 6) is -1.72. The van der Waals surface area contributed by atoms with E-state index in [1.54, 1.807) is 0 Å². The summed E-state index contributed by atoms with van der Waals surface area (Å²) in [6.45, 7) is 3.34. The molecule has 2 rings (SSSR count). The Kier molecular flexibility index (Phi) is 4.26. The van der Waals surface area contributed by atoms with Crippen LogP contribution in [0, 0.1) is 5.82 Å². The maximum Gasteiger partial charge on any atom is 0.573 e. The smallest absolute Gasteiger partial charge is 0.403 e. The lowest BCUT2D eigenvalue weighted by molar-refractivity contribution is -0.275. The molecule has 0 unspecified atom stereocenters. The number of piperazine rings is 1. The van der Waals surface area contributed by atoms with Crippen LogP contribution in [0.1, 0.15) is 5.56 Å². The highest BCUT2D eigenvalue weighted by Gasteiger charge is 2.32. The van der Waals surface area contributed by atoms with Gasteiger partial charge >= 0.3 is 6.36 Å². The van der Waals surface area contributed by atoms with Crippen molar-refractivity contribution in [3.05, 3.63) is 29.6 Å². The first-order chi connectivity index (χ1) is 8.96. The molecule has 1 N–H and O–H groups in total. The molecule has 3 nitrogen and oxygen atoms in total. The SMILES string of the molecule is Fc1c(CN2CCNCC2)cccc1OC(F)(F)F. The van der Waals surface area contributed by atoms with Crippen LogP contribution in [0.5, 0.6) is 5.75 Å². The average molecular weight is 278 g/mol. The lowest BCUT2D eigenvalue weighted by atomic mass is 10.1. The third kappa shape index (κ3) is 4.07. The Morgan fingerprint density at radius 1 is 1.21 bits per heavy atom. The topological polar surface area (TPSA) is 24.5 Å². The van der Waals surface area contributed by atoms with Gasteiger partial charge in [0.25, 0.3) is 0 Å². The lowest BCUT2D eigenvalue weighted by Crippen LogP contribution is -2.43. The minimum atomic E-state index is -4.88. The maximum atomic E-state index is 13.9. The van der Waals surface area contributed by atoms with E-state index in [1.165, 1.54) is 12.1 Å². The Morgan fingerprint density at radius 3 is 2.53 bits per heavy atom. The molecule has 0 radical (unpaired) electrons. The van der Waals surface area contributed by atoms with Gasteiger partial charge in [0.05, 0.1) is 0 Å².